The molecule has 0 unspecified atom stereocenters. The van der Waals surface area contributed by atoms with E-state index in [9.17, 15) is 14.0 Å². The van der Waals surface area contributed by atoms with Gasteiger partial charge in [0, 0.05) is 31.7 Å². The molecule has 0 spiro atoms. The molecule has 2 aromatic carbocycles. The minimum absolute atomic E-state index is 0.140. The Morgan fingerprint density at radius 3 is 2.16 bits per heavy atom. The first-order valence-electron chi connectivity index (χ1n) is 8.06. The van der Waals surface area contributed by atoms with E-state index in [-0.39, 0.29) is 11.8 Å². The van der Waals surface area contributed by atoms with Crippen LogP contribution in [0, 0.1) is 12.7 Å². The maximum Gasteiger partial charge on any atom is 0.255 e. The van der Waals surface area contributed by atoms with E-state index >= 15 is 0 Å². The fourth-order valence-electron chi connectivity index (χ4n) is 2.83. The zero-order chi connectivity index (χ0) is 18.0. The Kier molecular flexibility index (Phi) is 5.04. The van der Waals surface area contributed by atoms with Crippen LogP contribution < -0.4 is 0 Å². The summed E-state index contributed by atoms with van der Waals surface area (Å²) in [6.07, 6.45) is 0. The van der Waals surface area contributed by atoms with Crippen LogP contribution in [-0.2, 0) is 0 Å². The van der Waals surface area contributed by atoms with E-state index in [1.54, 1.807) is 53.1 Å². The van der Waals surface area contributed by atoms with Crippen molar-refractivity contribution in [2.24, 2.45) is 0 Å². The summed E-state index contributed by atoms with van der Waals surface area (Å²) in [5.41, 5.74) is 1.30. The van der Waals surface area contributed by atoms with E-state index in [0.29, 0.717) is 47.9 Å². The van der Waals surface area contributed by atoms with Gasteiger partial charge in [-0.05, 0) is 36.8 Å². The van der Waals surface area contributed by atoms with Gasteiger partial charge in [-0.2, -0.15) is 0 Å². The molecule has 6 heteroatoms. The van der Waals surface area contributed by atoms with Crippen LogP contribution in [0.5, 0.6) is 0 Å². The Bertz CT molecular complexity index is 817. The molecule has 0 N–H and O–H groups in total. The molecule has 2 amide bonds. The molecule has 0 aromatic heterocycles. The molecule has 25 heavy (non-hydrogen) atoms. The Morgan fingerprint density at radius 2 is 1.56 bits per heavy atom. The maximum atomic E-state index is 13.7. The lowest BCUT2D eigenvalue weighted by molar-refractivity contribution is 0.0535. The number of aryl methyl sites for hydroxylation is 1. The second kappa shape index (κ2) is 7.23. The summed E-state index contributed by atoms with van der Waals surface area (Å²) in [5, 5.41) is 0.418. The molecule has 130 valence electrons. The number of benzene rings is 2. The van der Waals surface area contributed by atoms with Gasteiger partial charge in [0.15, 0.2) is 0 Å². The highest BCUT2D eigenvalue weighted by Crippen LogP contribution is 2.19. The topological polar surface area (TPSA) is 40.6 Å². The van der Waals surface area contributed by atoms with Gasteiger partial charge in [-0.3, -0.25) is 9.59 Å². The largest absolute Gasteiger partial charge is 0.335 e. The normalized spacial score (nSPS) is 14.5. The van der Waals surface area contributed by atoms with Crippen molar-refractivity contribution in [1.82, 2.24) is 9.80 Å². The molecule has 1 saturated heterocycles. The monoisotopic (exact) mass is 360 g/mol. The van der Waals surface area contributed by atoms with E-state index in [2.05, 4.69) is 0 Å². The lowest BCUT2D eigenvalue weighted by atomic mass is 10.1. The van der Waals surface area contributed by atoms with Crippen molar-refractivity contribution < 1.29 is 14.0 Å². The third kappa shape index (κ3) is 3.66. The second-order valence-corrected chi connectivity index (χ2v) is 6.44. The zero-order valence-electron chi connectivity index (χ0n) is 13.8. The van der Waals surface area contributed by atoms with Crippen molar-refractivity contribution in [2.45, 2.75) is 6.92 Å². The van der Waals surface area contributed by atoms with Crippen molar-refractivity contribution in [3.05, 3.63) is 70.0 Å². The lowest BCUT2D eigenvalue weighted by Gasteiger charge is -2.35. The molecule has 0 saturated carbocycles. The van der Waals surface area contributed by atoms with E-state index in [4.69, 9.17) is 11.6 Å². The summed E-state index contributed by atoms with van der Waals surface area (Å²) in [6, 6.07) is 11.4. The number of hydrogen-bond donors (Lipinski definition) is 0. The van der Waals surface area contributed by atoms with Crippen LogP contribution in [-0.4, -0.2) is 47.8 Å². The van der Waals surface area contributed by atoms with Crippen LogP contribution in [0.3, 0.4) is 0 Å². The fourth-order valence-corrected chi connectivity index (χ4v) is 3.04. The van der Waals surface area contributed by atoms with Crippen LogP contribution in [0.15, 0.2) is 42.5 Å². The summed E-state index contributed by atoms with van der Waals surface area (Å²) in [6.45, 7) is 3.31. The number of carbonyl (C=O) groups is 2. The SMILES string of the molecule is Cc1ccc(C(=O)N2CCN(C(=O)c3ccccc3Cl)CC2)cc1F. The molecule has 0 atom stereocenters. The van der Waals surface area contributed by atoms with E-state index < -0.39 is 5.82 Å². The highest BCUT2D eigenvalue weighted by atomic mass is 35.5. The van der Waals surface area contributed by atoms with Crippen molar-refractivity contribution in [2.75, 3.05) is 26.2 Å². The minimum Gasteiger partial charge on any atom is -0.335 e. The average Bonchev–Trinajstić information content (AvgIpc) is 2.63. The molecule has 3 rings (SSSR count). The summed E-state index contributed by atoms with van der Waals surface area (Å²) in [4.78, 5) is 28.4. The zero-order valence-corrected chi connectivity index (χ0v) is 14.6. The molecule has 0 radical (unpaired) electrons. The molecule has 1 aliphatic heterocycles. The third-order valence-electron chi connectivity index (χ3n) is 4.38. The number of nitrogens with zero attached hydrogens (tertiary/aromatic N) is 2. The van der Waals surface area contributed by atoms with Gasteiger partial charge in [-0.15, -0.1) is 0 Å². The Morgan fingerprint density at radius 1 is 0.960 bits per heavy atom. The van der Waals surface area contributed by atoms with Crippen LogP contribution >= 0.6 is 11.6 Å². The van der Waals surface area contributed by atoms with Gasteiger partial charge in [0.05, 0.1) is 10.6 Å². The van der Waals surface area contributed by atoms with Crippen LogP contribution in [0.25, 0.3) is 0 Å². The molecule has 1 heterocycles. The maximum absolute atomic E-state index is 13.7. The highest BCUT2D eigenvalue weighted by Gasteiger charge is 2.26. The van der Waals surface area contributed by atoms with Crippen molar-refractivity contribution in [1.29, 1.82) is 0 Å². The molecule has 1 aliphatic rings. The quantitative estimate of drug-likeness (QED) is 0.823. The van der Waals surface area contributed by atoms with Crippen molar-refractivity contribution >= 4 is 23.4 Å². The van der Waals surface area contributed by atoms with Gasteiger partial charge in [0.25, 0.3) is 11.8 Å². The fraction of sp³-hybridized carbons (Fsp3) is 0.263. The first-order valence-corrected chi connectivity index (χ1v) is 8.44. The van der Waals surface area contributed by atoms with Gasteiger partial charge in [0.1, 0.15) is 5.82 Å². The Labute approximate surface area is 150 Å². The molecule has 2 aromatic rings. The summed E-state index contributed by atoms with van der Waals surface area (Å²) >= 11 is 6.08. The molecular weight excluding hydrogens is 343 g/mol. The van der Waals surface area contributed by atoms with Gasteiger partial charge in [-0.25, -0.2) is 4.39 Å². The van der Waals surface area contributed by atoms with E-state index in [1.165, 1.54) is 6.07 Å². The number of halogens is 2. The number of rotatable bonds is 2. The van der Waals surface area contributed by atoms with Crippen molar-refractivity contribution in [3.63, 3.8) is 0 Å². The van der Waals surface area contributed by atoms with Crippen molar-refractivity contribution in [3.8, 4) is 0 Å². The minimum atomic E-state index is -0.390. The molecule has 4 nitrogen and oxygen atoms in total. The molecule has 0 aliphatic carbocycles. The first kappa shape index (κ1) is 17.4. The molecular formula is C19H18ClFN2O2. The highest BCUT2D eigenvalue weighted by molar-refractivity contribution is 6.33. The Hall–Kier alpha value is -2.40. The standard InChI is InChI=1S/C19H18ClFN2O2/c1-13-6-7-14(12-17(13)21)18(24)22-8-10-23(11-9-22)19(25)15-4-2-3-5-16(15)20/h2-7,12H,8-11H2,1H3. The predicted molar refractivity (Wildman–Crippen MR) is 94.4 cm³/mol. The van der Waals surface area contributed by atoms with Gasteiger partial charge >= 0.3 is 0 Å². The number of amides is 2. The average molecular weight is 361 g/mol. The van der Waals surface area contributed by atoms with Gasteiger partial charge < -0.3 is 9.80 Å². The summed E-state index contributed by atoms with van der Waals surface area (Å²) < 4.78 is 13.7. The number of carbonyl (C=O) groups excluding carboxylic acids is 2. The molecule has 1 fully saturated rings. The van der Waals surface area contributed by atoms with Crippen LogP contribution in [0.2, 0.25) is 5.02 Å². The van der Waals surface area contributed by atoms with E-state index in [1.807, 2.05) is 0 Å². The third-order valence-corrected chi connectivity index (χ3v) is 4.71. The molecule has 0 bridgehead atoms. The van der Waals surface area contributed by atoms with Crippen LogP contribution in [0.1, 0.15) is 26.3 Å². The van der Waals surface area contributed by atoms with E-state index in [0.717, 1.165) is 0 Å². The second-order valence-electron chi connectivity index (χ2n) is 6.03. The smallest absolute Gasteiger partial charge is 0.255 e. The number of piperazine rings is 1. The lowest BCUT2D eigenvalue weighted by Crippen LogP contribution is -2.50. The number of hydrogen-bond acceptors (Lipinski definition) is 2. The first-order chi connectivity index (χ1) is 12.0. The van der Waals surface area contributed by atoms with Crippen LogP contribution in [0.4, 0.5) is 4.39 Å². The Balaban J connectivity index is 1.65. The van der Waals surface area contributed by atoms with Gasteiger partial charge in [0.2, 0.25) is 0 Å². The summed E-state index contributed by atoms with van der Waals surface area (Å²) in [5.74, 6) is -0.749. The summed E-state index contributed by atoms with van der Waals surface area (Å²) in [7, 11) is 0. The predicted octanol–water partition coefficient (Wildman–Crippen LogP) is 3.39. The van der Waals surface area contributed by atoms with Gasteiger partial charge in [-0.1, -0.05) is 29.8 Å².